The van der Waals surface area contributed by atoms with Gasteiger partial charge >= 0.3 is 0 Å². The molecule has 1 unspecified atom stereocenters. The average Bonchev–Trinajstić information content (AvgIpc) is 3.87. The summed E-state index contributed by atoms with van der Waals surface area (Å²) in [5, 5.41) is 20.1. The van der Waals surface area contributed by atoms with Gasteiger partial charge in [0.05, 0.1) is 29.9 Å². The third-order valence-electron chi connectivity index (χ3n) is 12.8. The van der Waals surface area contributed by atoms with Crippen molar-refractivity contribution in [2.24, 2.45) is 0 Å². The highest BCUT2D eigenvalue weighted by atomic mass is 16.3. The van der Waals surface area contributed by atoms with Crippen LogP contribution in [0.15, 0.2) is 78.2 Å². The van der Waals surface area contributed by atoms with Gasteiger partial charge in [0.15, 0.2) is 11.5 Å². The molecule has 9 rings (SSSR count). The molecule has 18 nitrogen and oxygen atoms in total. The van der Waals surface area contributed by atoms with Crippen LogP contribution >= 0.6 is 0 Å². The zero-order chi connectivity index (χ0) is 44.2. The summed E-state index contributed by atoms with van der Waals surface area (Å²) in [4.78, 5) is 96.2. The average molecular weight is 854 g/mol. The van der Waals surface area contributed by atoms with E-state index >= 15 is 0 Å². The summed E-state index contributed by atoms with van der Waals surface area (Å²) in [6, 6.07) is 15.3. The number of benzene rings is 2. The largest absolute Gasteiger partial charge is 0.384 e. The monoisotopic (exact) mass is 853 g/mol. The predicted molar refractivity (Wildman–Crippen MR) is 233 cm³/mol. The molecule has 1 aliphatic carbocycles. The van der Waals surface area contributed by atoms with Gasteiger partial charge in [0.25, 0.3) is 17.4 Å². The minimum absolute atomic E-state index is 0.0213. The molecule has 2 saturated heterocycles. The Balaban J connectivity index is 0.810. The van der Waals surface area contributed by atoms with Gasteiger partial charge in [-0.25, -0.2) is 19.3 Å². The maximum Gasteiger partial charge on any atom is 0.278 e. The molecule has 4 N–H and O–H groups in total. The summed E-state index contributed by atoms with van der Waals surface area (Å²) in [5.41, 5.74) is 3.27. The zero-order valence-corrected chi connectivity index (χ0v) is 35.0. The molecule has 5 amide bonds. The van der Waals surface area contributed by atoms with E-state index in [2.05, 4.69) is 32.4 Å². The number of piperidine rings is 2. The maximum absolute atomic E-state index is 13.5. The standard InChI is InChI=1S/C45H47N11O7/c1-4-20-54-41(60)33-24-47-44(51-39(33)56(54)35-14-6-26-16-19-45(63,5-2)38(26)49-35)48-27-7-10-30(11-8-27)53-21-17-29(18-22-53)52(3)37(58)25-46-28-9-12-31-32(23-28)43(62)55(42(31)61)34-13-15-36(57)50-40(34)59/h4,6-12,14,23-24,29,34,46,63H,1,5,13,15-22,25H2,2-3H3,(H,47,48,51)(H,50,57,59)/t34?,45-/m1/s1. The highest BCUT2D eigenvalue weighted by Crippen LogP contribution is 2.38. The smallest absolute Gasteiger partial charge is 0.278 e. The number of carbonyl (C=O) groups excluding carboxylic acids is 5. The van der Waals surface area contributed by atoms with Crippen molar-refractivity contribution in [1.82, 2.24) is 39.4 Å². The number of aromatic nitrogens is 5. The van der Waals surface area contributed by atoms with Gasteiger partial charge in [-0.05, 0) is 92.6 Å². The third kappa shape index (κ3) is 7.38. The van der Waals surface area contributed by atoms with Crippen LogP contribution in [0, 0.1) is 0 Å². The Labute approximate surface area is 361 Å². The topological polar surface area (TPSA) is 217 Å². The number of likely N-dealkylation sites (N-methyl/N-ethyl adjacent to an activating group) is 1. The van der Waals surface area contributed by atoms with Crippen molar-refractivity contribution in [2.45, 2.75) is 76.1 Å². The van der Waals surface area contributed by atoms with Crippen molar-refractivity contribution in [3.63, 3.8) is 0 Å². The molecule has 324 valence electrons. The Hall–Kier alpha value is -7.21. The number of imide groups is 2. The van der Waals surface area contributed by atoms with Crippen molar-refractivity contribution in [3.05, 3.63) is 106 Å². The van der Waals surface area contributed by atoms with Crippen LogP contribution in [0.5, 0.6) is 0 Å². The molecule has 2 fully saturated rings. The molecular weight excluding hydrogens is 807 g/mol. The first-order chi connectivity index (χ1) is 30.4. The lowest BCUT2D eigenvalue weighted by atomic mass is 9.98. The fraction of sp³-hybridized carbons (Fsp3) is 0.356. The molecular formula is C45H47N11O7. The lowest BCUT2D eigenvalue weighted by Gasteiger charge is -2.38. The number of nitrogens with zero attached hydrogens (tertiary/aromatic N) is 8. The number of hydrogen-bond acceptors (Lipinski definition) is 13. The molecule has 3 aromatic heterocycles. The van der Waals surface area contributed by atoms with Crippen LogP contribution in [-0.4, -0.2) is 108 Å². The molecule has 0 saturated carbocycles. The van der Waals surface area contributed by atoms with Crippen LogP contribution in [0.1, 0.15) is 77.4 Å². The molecule has 0 spiro atoms. The molecule has 2 atom stereocenters. The van der Waals surface area contributed by atoms with Crippen LogP contribution in [0.3, 0.4) is 0 Å². The Morgan fingerprint density at radius 3 is 2.44 bits per heavy atom. The van der Waals surface area contributed by atoms with Crippen molar-refractivity contribution in [2.75, 3.05) is 42.2 Å². The molecule has 18 heteroatoms. The summed E-state index contributed by atoms with van der Waals surface area (Å²) in [6.45, 7) is 7.45. The number of hydrogen-bond donors (Lipinski definition) is 4. The highest BCUT2D eigenvalue weighted by Gasteiger charge is 2.45. The number of aryl methyl sites for hydroxylation is 1. The number of anilines is 4. The number of nitrogens with one attached hydrogen (secondary N) is 3. The van der Waals surface area contributed by atoms with Crippen LogP contribution < -0.4 is 26.4 Å². The Morgan fingerprint density at radius 2 is 1.71 bits per heavy atom. The van der Waals surface area contributed by atoms with Gasteiger partial charge in [-0.1, -0.05) is 19.1 Å². The third-order valence-corrected chi connectivity index (χ3v) is 12.8. The second kappa shape index (κ2) is 16.2. The van der Waals surface area contributed by atoms with E-state index in [1.807, 2.05) is 43.3 Å². The molecule has 63 heavy (non-hydrogen) atoms. The second-order valence-electron chi connectivity index (χ2n) is 16.4. The number of allylic oxidation sites excluding steroid dienone is 1. The van der Waals surface area contributed by atoms with Gasteiger partial charge < -0.3 is 25.5 Å². The molecule has 6 heterocycles. The predicted octanol–water partition coefficient (Wildman–Crippen LogP) is 3.39. The fourth-order valence-electron chi connectivity index (χ4n) is 9.10. The van der Waals surface area contributed by atoms with E-state index < -0.39 is 35.3 Å². The van der Waals surface area contributed by atoms with Crippen LogP contribution in [-0.2, 0) is 33.0 Å². The van der Waals surface area contributed by atoms with E-state index in [1.54, 1.807) is 28.8 Å². The summed E-state index contributed by atoms with van der Waals surface area (Å²) in [6.07, 6.45) is 6.63. The fourth-order valence-corrected chi connectivity index (χ4v) is 9.10. The number of pyridine rings is 1. The van der Waals surface area contributed by atoms with Gasteiger partial charge in [-0.2, -0.15) is 4.98 Å². The van der Waals surface area contributed by atoms with E-state index in [0.29, 0.717) is 47.0 Å². The zero-order valence-electron chi connectivity index (χ0n) is 35.0. The van der Waals surface area contributed by atoms with Crippen LogP contribution in [0.2, 0.25) is 0 Å². The first kappa shape index (κ1) is 41.2. The number of rotatable bonds is 12. The molecule has 0 radical (unpaired) electrons. The Morgan fingerprint density at radius 1 is 0.968 bits per heavy atom. The van der Waals surface area contributed by atoms with Crippen molar-refractivity contribution in [1.29, 1.82) is 0 Å². The van der Waals surface area contributed by atoms with E-state index in [1.165, 1.54) is 23.0 Å². The van der Waals surface area contributed by atoms with Gasteiger partial charge in [-0.15, -0.1) is 6.58 Å². The van der Waals surface area contributed by atoms with Gasteiger partial charge in [0.2, 0.25) is 23.7 Å². The van der Waals surface area contributed by atoms with E-state index in [4.69, 9.17) is 9.97 Å². The number of carbonyl (C=O) groups is 5. The normalized spacial score (nSPS) is 19.9. The van der Waals surface area contributed by atoms with E-state index in [-0.39, 0.29) is 54.6 Å². The first-order valence-electron chi connectivity index (χ1n) is 21.2. The van der Waals surface area contributed by atoms with Crippen LogP contribution in [0.4, 0.5) is 23.0 Å². The first-order valence-corrected chi connectivity index (χ1v) is 21.2. The summed E-state index contributed by atoms with van der Waals surface area (Å²) >= 11 is 0. The lowest BCUT2D eigenvalue weighted by molar-refractivity contribution is -0.136. The van der Waals surface area contributed by atoms with E-state index in [0.717, 1.165) is 54.2 Å². The summed E-state index contributed by atoms with van der Waals surface area (Å²) in [5.74, 6) is -1.67. The van der Waals surface area contributed by atoms with Gasteiger partial charge in [-0.3, -0.25) is 39.0 Å². The maximum atomic E-state index is 13.5. The van der Waals surface area contributed by atoms with Crippen LogP contribution in [0.25, 0.3) is 16.9 Å². The molecule has 5 aromatic rings. The Bertz CT molecular complexity index is 2770. The van der Waals surface area contributed by atoms with Crippen molar-refractivity contribution >= 4 is 63.6 Å². The number of aliphatic hydroxyl groups is 1. The van der Waals surface area contributed by atoms with Crippen molar-refractivity contribution < 1.29 is 29.1 Å². The summed E-state index contributed by atoms with van der Waals surface area (Å²) < 4.78 is 3.18. The molecule has 3 aliphatic heterocycles. The molecule has 4 aliphatic rings. The molecule has 0 bridgehead atoms. The number of amides is 5. The SMILES string of the molecule is C=CCn1c(=O)c2cnc(Nc3ccc(N4CCC(N(C)C(=O)CNc5ccc6c(c5)C(=O)N(C5CCC(=O)NC5=O)C6=O)CC4)cc3)nc2n1-c1ccc2c(n1)[C@@](O)(CC)CC2. The minimum atomic E-state index is -1.05. The second-order valence-corrected chi connectivity index (χ2v) is 16.4. The highest BCUT2D eigenvalue weighted by molar-refractivity contribution is 6.23. The van der Waals surface area contributed by atoms with E-state index in [9.17, 15) is 33.9 Å². The molecule has 2 aromatic carbocycles. The van der Waals surface area contributed by atoms with Gasteiger partial charge in [0, 0.05) is 55.9 Å². The Kier molecular flexibility index (Phi) is 10.6. The quantitative estimate of drug-likeness (QED) is 0.105. The minimum Gasteiger partial charge on any atom is -0.384 e. The van der Waals surface area contributed by atoms with Crippen molar-refractivity contribution in [3.8, 4) is 5.82 Å². The lowest BCUT2D eigenvalue weighted by Crippen LogP contribution is -2.54. The van der Waals surface area contributed by atoms with Gasteiger partial charge in [0.1, 0.15) is 17.0 Å². The summed E-state index contributed by atoms with van der Waals surface area (Å²) in [7, 11) is 1.79. The number of fused-ring (bicyclic) bond motifs is 3.